The number of rotatable bonds is 14. The van der Waals surface area contributed by atoms with Gasteiger partial charge in [0, 0.05) is 29.8 Å². The SMILES string of the molecule is COC(=O)[C@H](Cc1ccc(OCCN(Cc2ccccc2)C(=O)c2cccs2)cc1)Nc1ccccc1C(=O)c1ccccc1. The summed E-state index contributed by atoms with van der Waals surface area (Å²) >= 11 is 1.42. The molecule has 5 rings (SSSR count). The van der Waals surface area contributed by atoms with Gasteiger partial charge in [-0.2, -0.15) is 0 Å². The number of benzene rings is 4. The summed E-state index contributed by atoms with van der Waals surface area (Å²) in [7, 11) is 1.35. The molecule has 0 aliphatic rings. The lowest BCUT2D eigenvalue weighted by Crippen LogP contribution is -2.34. The lowest BCUT2D eigenvalue weighted by molar-refractivity contribution is -0.141. The number of anilines is 1. The third-order valence-electron chi connectivity index (χ3n) is 7.25. The average Bonchev–Trinajstić information content (AvgIpc) is 3.64. The Bertz CT molecular complexity index is 1690. The van der Waals surface area contributed by atoms with Crippen molar-refractivity contribution in [3.63, 3.8) is 0 Å². The van der Waals surface area contributed by atoms with E-state index >= 15 is 0 Å². The van der Waals surface area contributed by atoms with E-state index in [9.17, 15) is 14.4 Å². The monoisotopic (exact) mass is 618 g/mol. The van der Waals surface area contributed by atoms with E-state index in [1.807, 2.05) is 96.4 Å². The molecule has 1 atom stereocenters. The number of nitrogens with one attached hydrogen (secondary N) is 1. The first-order valence-corrected chi connectivity index (χ1v) is 15.5. The van der Waals surface area contributed by atoms with Crippen molar-refractivity contribution in [2.75, 3.05) is 25.6 Å². The van der Waals surface area contributed by atoms with Crippen LogP contribution in [0.5, 0.6) is 5.75 Å². The molecule has 1 amide bonds. The molecule has 0 aliphatic carbocycles. The molecule has 1 aromatic heterocycles. The van der Waals surface area contributed by atoms with Gasteiger partial charge in [0.2, 0.25) is 0 Å². The van der Waals surface area contributed by atoms with Gasteiger partial charge in [0.05, 0.1) is 18.5 Å². The van der Waals surface area contributed by atoms with Gasteiger partial charge in [-0.05, 0) is 46.8 Å². The van der Waals surface area contributed by atoms with E-state index in [-0.39, 0.29) is 11.7 Å². The molecule has 5 aromatic rings. The van der Waals surface area contributed by atoms with Crippen LogP contribution >= 0.6 is 11.3 Å². The van der Waals surface area contributed by atoms with Gasteiger partial charge in [-0.25, -0.2) is 4.79 Å². The van der Waals surface area contributed by atoms with Crippen molar-refractivity contribution in [1.29, 1.82) is 0 Å². The highest BCUT2D eigenvalue weighted by Gasteiger charge is 2.23. The molecule has 0 aliphatic heterocycles. The van der Waals surface area contributed by atoms with Gasteiger partial charge >= 0.3 is 5.97 Å². The lowest BCUT2D eigenvalue weighted by atomic mass is 10.00. The third-order valence-corrected chi connectivity index (χ3v) is 8.11. The Hall–Kier alpha value is -5.21. The molecular formula is C37H34N2O5S. The normalized spacial score (nSPS) is 11.3. The average molecular weight is 619 g/mol. The van der Waals surface area contributed by atoms with Gasteiger partial charge in [0.1, 0.15) is 18.4 Å². The van der Waals surface area contributed by atoms with Crippen molar-refractivity contribution >= 4 is 34.7 Å². The van der Waals surface area contributed by atoms with E-state index < -0.39 is 12.0 Å². The number of ketones is 1. The number of nitrogens with zero attached hydrogens (tertiary/aromatic N) is 1. The van der Waals surface area contributed by atoms with Crippen LogP contribution in [0.4, 0.5) is 5.69 Å². The first-order valence-electron chi connectivity index (χ1n) is 14.6. The molecule has 228 valence electrons. The van der Waals surface area contributed by atoms with Gasteiger partial charge in [-0.1, -0.05) is 91.0 Å². The topological polar surface area (TPSA) is 84.9 Å². The molecule has 8 heteroatoms. The number of ether oxygens (including phenoxy) is 2. The predicted molar refractivity (Wildman–Crippen MR) is 177 cm³/mol. The minimum absolute atomic E-state index is 0.0267. The largest absolute Gasteiger partial charge is 0.492 e. The zero-order chi connectivity index (χ0) is 31.4. The van der Waals surface area contributed by atoms with Crippen molar-refractivity contribution < 1.29 is 23.9 Å². The summed E-state index contributed by atoms with van der Waals surface area (Å²) in [5.41, 5.74) is 3.53. The van der Waals surface area contributed by atoms with Crippen LogP contribution in [0.1, 0.15) is 36.7 Å². The van der Waals surface area contributed by atoms with E-state index in [0.717, 1.165) is 11.1 Å². The Labute approximate surface area is 267 Å². The van der Waals surface area contributed by atoms with Crippen LogP contribution in [-0.2, 0) is 22.5 Å². The quantitative estimate of drug-likeness (QED) is 0.108. The Kier molecular flexibility index (Phi) is 10.8. The van der Waals surface area contributed by atoms with Crippen molar-refractivity contribution in [3.8, 4) is 5.75 Å². The van der Waals surface area contributed by atoms with Crippen molar-refractivity contribution in [3.05, 3.63) is 154 Å². The van der Waals surface area contributed by atoms with Gasteiger partial charge in [-0.3, -0.25) is 9.59 Å². The smallest absolute Gasteiger partial charge is 0.328 e. The third kappa shape index (κ3) is 8.46. The Morgan fingerprint density at radius 1 is 0.778 bits per heavy atom. The minimum Gasteiger partial charge on any atom is -0.492 e. The van der Waals surface area contributed by atoms with Crippen LogP contribution in [-0.4, -0.2) is 48.9 Å². The number of carbonyl (C=O) groups is 3. The Balaban J connectivity index is 1.22. The molecule has 0 unspecified atom stereocenters. The fourth-order valence-corrected chi connectivity index (χ4v) is 5.61. The molecule has 45 heavy (non-hydrogen) atoms. The summed E-state index contributed by atoms with van der Waals surface area (Å²) in [6.07, 6.45) is 0.334. The highest BCUT2D eigenvalue weighted by Crippen LogP contribution is 2.22. The number of methoxy groups -OCH3 is 1. The second-order valence-electron chi connectivity index (χ2n) is 10.3. The van der Waals surface area contributed by atoms with Crippen LogP contribution in [0.25, 0.3) is 0 Å². The Morgan fingerprint density at radius 2 is 1.47 bits per heavy atom. The van der Waals surface area contributed by atoms with Crippen molar-refractivity contribution in [2.24, 2.45) is 0 Å². The fourth-order valence-electron chi connectivity index (χ4n) is 4.92. The van der Waals surface area contributed by atoms with Crippen LogP contribution in [0.15, 0.2) is 127 Å². The number of para-hydroxylation sites is 1. The van der Waals surface area contributed by atoms with E-state index in [1.165, 1.54) is 18.4 Å². The van der Waals surface area contributed by atoms with Gasteiger partial charge in [-0.15, -0.1) is 11.3 Å². The molecule has 0 bridgehead atoms. The summed E-state index contributed by atoms with van der Waals surface area (Å²) in [6, 6.07) is 36.5. The van der Waals surface area contributed by atoms with E-state index in [1.54, 1.807) is 35.2 Å². The summed E-state index contributed by atoms with van der Waals surface area (Å²) in [4.78, 5) is 41.6. The van der Waals surface area contributed by atoms with Crippen LogP contribution in [0.2, 0.25) is 0 Å². The standard InChI is InChI=1S/C37H34N2O5S/c1-43-37(42)33(38-32-16-9-8-15-31(32)35(40)29-13-6-3-7-14-29)25-27-18-20-30(21-19-27)44-23-22-39(26-28-11-4-2-5-12-28)36(41)34-17-10-24-45-34/h2-21,24,33,38H,22-23,25-26H2,1H3/t33-/m0/s1. The molecule has 1 heterocycles. The highest BCUT2D eigenvalue weighted by molar-refractivity contribution is 7.12. The van der Waals surface area contributed by atoms with E-state index in [4.69, 9.17) is 9.47 Å². The summed E-state index contributed by atoms with van der Waals surface area (Å²) in [5.74, 6) is 0.0546. The van der Waals surface area contributed by atoms with Crippen LogP contribution < -0.4 is 10.1 Å². The number of hydrogen-bond acceptors (Lipinski definition) is 7. The number of esters is 1. The molecule has 7 nitrogen and oxygen atoms in total. The first kappa shape index (κ1) is 31.2. The maximum atomic E-state index is 13.2. The number of hydrogen-bond donors (Lipinski definition) is 1. The maximum absolute atomic E-state index is 13.2. The number of amides is 1. The summed E-state index contributed by atoms with van der Waals surface area (Å²) in [6.45, 7) is 1.23. The summed E-state index contributed by atoms with van der Waals surface area (Å²) < 4.78 is 11.1. The Morgan fingerprint density at radius 3 is 2.16 bits per heavy atom. The fraction of sp³-hybridized carbons (Fsp3) is 0.162. The molecular weight excluding hydrogens is 584 g/mol. The van der Waals surface area contributed by atoms with E-state index in [0.29, 0.717) is 53.6 Å². The molecule has 0 radical (unpaired) electrons. The van der Waals surface area contributed by atoms with Crippen LogP contribution in [0, 0.1) is 0 Å². The van der Waals surface area contributed by atoms with Gasteiger partial charge < -0.3 is 19.7 Å². The molecule has 4 aromatic carbocycles. The van der Waals surface area contributed by atoms with Crippen LogP contribution in [0.3, 0.4) is 0 Å². The first-order chi connectivity index (χ1) is 22.0. The predicted octanol–water partition coefficient (Wildman–Crippen LogP) is 6.90. The number of carbonyl (C=O) groups excluding carboxylic acids is 3. The number of thiophene rings is 1. The molecule has 0 saturated heterocycles. The highest BCUT2D eigenvalue weighted by atomic mass is 32.1. The molecule has 0 saturated carbocycles. The molecule has 0 fully saturated rings. The lowest BCUT2D eigenvalue weighted by Gasteiger charge is -2.22. The summed E-state index contributed by atoms with van der Waals surface area (Å²) in [5, 5.41) is 5.14. The zero-order valence-electron chi connectivity index (χ0n) is 24.9. The second kappa shape index (κ2) is 15.5. The molecule has 1 N–H and O–H groups in total. The maximum Gasteiger partial charge on any atom is 0.328 e. The zero-order valence-corrected chi connectivity index (χ0v) is 25.7. The minimum atomic E-state index is -0.721. The van der Waals surface area contributed by atoms with Crippen molar-refractivity contribution in [1.82, 2.24) is 4.90 Å². The van der Waals surface area contributed by atoms with Crippen molar-refractivity contribution in [2.45, 2.75) is 19.0 Å². The van der Waals surface area contributed by atoms with E-state index in [2.05, 4.69) is 5.32 Å². The van der Waals surface area contributed by atoms with Gasteiger partial charge in [0.15, 0.2) is 5.78 Å². The molecule has 0 spiro atoms. The second-order valence-corrected chi connectivity index (χ2v) is 11.3. The van der Waals surface area contributed by atoms with Gasteiger partial charge in [0.25, 0.3) is 5.91 Å².